The zero-order valence-corrected chi connectivity index (χ0v) is 20.4. The fourth-order valence-electron chi connectivity index (χ4n) is 3.44. The zero-order chi connectivity index (χ0) is 24.8. The van der Waals surface area contributed by atoms with Gasteiger partial charge in [-0.15, -0.1) is 0 Å². The minimum absolute atomic E-state index is 0.0280. The summed E-state index contributed by atoms with van der Waals surface area (Å²) >= 11 is 0. The number of nitrogens with two attached hydrogens (primary N) is 1. The first kappa shape index (κ1) is 27.0. The molecule has 2 aliphatic heterocycles. The molecule has 5 atom stereocenters. The number of carbonyl (C=O) groups is 3. The molecule has 0 unspecified atom stereocenters. The van der Waals surface area contributed by atoms with Crippen molar-refractivity contribution in [3.63, 3.8) is 0 Å². The number of nitrogens with one attached hydrogen (secondary N) is 2. The maximum Gasteiger partial charge on any atom is 0.342 e. The molecule has 0 aromatic rings. The topological polar surface area (TPSA) is 159 Å². The Morgan fingerprint density at radius 3 is 2.30 bits per heavy atom. The summed E-state index contributed by atoms with van der Waals surface area (Å²) in [5, 5.41) is 5.17. The van der Waals surface area contributed by atoms with Crippen molar-refractivity contribution in [3.8, 4) is 0 Å². The van der Waals surface area contributed by atoms with E-state index in [1.165, 1.54) is 28.1 Å². The molecule has 0 saturated carbocycles. The van der Waals surface area contributed by atoms with Crippen LogP contribution in [0.15, 0.2) is 24.0 Å². The molecule has 13 heteroatoms. The van der Waals surface area contributed by atoms with Gasteiger partial charge in [-0.3, -0.25) is 18.9 Å². The van der Waals surface area contributed by atoms with Crippen LogP contribution in [0.1, 0.15) is 33.6 Å². The highest BCUT2D eigenvalue weighted by atomic mass is 31.2. The Morgan fingerprint density at radius 2 is 1.79 bits per heavy atom. The van der Waals surface area contributed by atoms with Gasteiger partial charge in [-0.2, -0.15) is 0 Å². The molecular formula is C20H33N4O8P. The largest absolute Gasteiger partial charge is 0.468 e. The van der Waals surface area contributed by atoms with Gasteiger partial charge in [0.05, 0.1) is 26.9 Å². The zero-order valence-electron chi connectivity index (χ0n) is 19.5. The second kappa shape index (κ2) is 11.8. The summed E-state index contributed by atoms with van der Waals surface area (Å²) in [5.41, 5.74) is 5.85. The standard InChI is InChI=1S/C20H33N4O8P/c1-12-9-17(24-8-6-7-15(10-24)18(21)25)32-16(12)11-31-33(28,22-13(2)19(26)29-4)23-14(3)20(27)30-5/h6,8,10,12-14,16-17H,7,9,11H2,1-5H3,(H2,21,25)(H2,22,23,28)/t12-,13-,14-,16+,17+/m0/s1. The van der Waals surface area contributed by atoms with Gasteiger partial charge in [0.1, 0.15) is 18.3 Å². The van der Waals surface area contributed by atoms with E-state index >= 15 is 0 Å². The molecule has 2 heterocycles. The van der Waals surface area contributed by atoms with Gasteiger partial charge in [-0.05, 0) is 32.6 Å². The number of primary amides is 1. The van der Waals surface area contributed by atoms with Crippen molar-refractivity contribution in [1.82, 2.24) is 15.1 Å². The number of hydrogen-bond acceptors (Lipinski definition) is 9. The molecule has 0 bridgehead atoms. The van der Waals surface area contributed by atoms with Crippen LogP contribution < -0.4 is 15.9 Å². The molecule has 0 aromatic carbocycles. The molecule has 2 aliphatic rings. The average molecular weight is 488 g/mol. The Morgan fingerprint density at radius 1 is 1.21 bits per heavy atom. The second-order valence-electron chi connectivity index (χ2n) is 7.99. The third kappa shape index (κ3) is 7.38. The molecule has 186 valence electrons. The first-order chi connectivity index (χ1) is 15.5. The lowest BCUT2D eigenvalue weighted by molar-refractivity contribution is -0.142. The van der Waals surface area contributed by atoms with Crippen LogP contribution in [0.3, 0.4) is 0 Å². The molecule has 33 heavy (non-hydrogen) atoms. The maximum atomic E-state index is 13.4. The van der Waals surface area contributed by atoms with E-state index in [-0.39, 0.29) is 18.8 Å². The lowest BCUT2D eigenvalue weighted by Gasteiger charge is -2.28. The quantitative estimate of drug-likeness (QED) is 0.278. The molecule has 0 radical (unpaired) electrons. The van der Waals surface area contributed by atoms with E-state index in [0.29, 0.717) is 18.4 Å². The predicted octanol–water partition coefficient (Wildman–Crippen LogP) is 0.753. The molecule has 1 saturated heterocycles. The van der Waals surface area contributed by atoms with Crippen LogP contribution in [-0.2, 0) is 37.7 Å². The molecule has 0 spiro atoms. The molecule has 2 rings (SSSR count). The molecule has 0 aromatic heterocycles. The minimum Gasteiger partial charge on any atom is -0.468 e. The average Bonchev–Trinajstić information content (AvgIpc) is 3.17. The van der Waals surface area contributed by atoms with Crippen molar-refractivity contribution in [2.75, 3.05) is 20.8 Å². The first-order valence-corrected chi connectivity index (χ1v) is 12.2. The van der Waals surface area contributed by atoms with E-state index in [0.717, 1.165) is 0 Å². The normalized spacial score (nSPS) is 24.7. The van der Waals surface area contributed by atoms with E-state index in [4.69, 9.17) is 15.0 Å². The van der Waals surface area contributed by atoms with Crippen LogP contribution in [0.2, 0.25) is 0 Å². The van der Waals surface area contributed by atoms with Crippen molar-refractivity contribution in [3.05, 3.63) is 24.0 Å². The highest BCUT2D eigenvalue weighted by molar-refractivity contribution is 7.54. The molecule has 4 N–H and O–H groups in total. The SMILES string of the molecule is COC(=O)[C@H](C)NP(=O)(N[C@@H](C)C(=O)OC)OC[C@H]1O[C@@H](N2C=CCC(C(N)=O)=C2)C[C@@H]1C. The Bertz CT molecular complexity index is 820. The van der Waals surface area contributed by atoms with Crippen molar-refractivity contribution in [2.45, 2.75) is 58.0 Å². The Hall–Kier alpha value is -2.24. The van der Waals surface area contributed by atoms with Gasteiger partial charge in [0, 0.05) is 18.0 Å². The van der Waals surface area contributed by atoms with E-state index in [2.05, 4.69) is 19.6 Å². The lowest BCUT2D eigenvalue weighted by atomic mass is 10.0. The van der Waals surface area contributed by atoms with Crippen LogP contribution in [-0.4, -0.2) is 68.0 Å². The Balaban J connectivity index is 2.07. The maximum absolute atomic E-state index is 13.4. The van der Waals surface area contributed by atoms with E-state index < -0.39 is 43.7 Å². The molecule has 12 nitrogen and oxygen atoms in total. The lowest BCUT2D eigenvalue weighted by Crippen LogP contribution is -2.42. The third-order valence-electron chi connectivity index (χ3n) is 5.37. The van der Waals surface area contributed by atoms with E-state index in [1.54, 1.807) is 11.1 Å². The minimum atomic E-state index is -3.90. The number of allylic oxidation sites excluding steroid dienone is 1. The van der Waals surface area contributed by atoms with E-state index in [1.807, 2.05) is 19.2 Å². The second-order valence-corrected chi connectivity index (χ2v) is 9.87. The summed E-state index contributed by atoms with van der Waals surface area (Å²) in [7, 11) is -1.49. The van der Waals surface area contributed by atoms with Gasteiger partial charge in [-0.25, -0.2) is 10.2 Å². The predicted molar refractivity (Wildman–Crippen MR) is 118 cm³/mol. The fourth-order valence-corrected chi connectivity index (χ4v) is 5.25. The summed E-state index contributed by atoms with van der Waals surface area (Å²) in [6.45, 7) is 4.80. The number of methoxy groups -OCH3 is 2. The van der Waals surface area contributed by atoms with Gasteiger partial charge in [0.15, 0.2) is 0 Å². The van der Waals surface area contributed by atoms with Crippen molar-refractivity contribution < 1.29 is 37.7 Å². The Labute approximate surface area is 193 Å². The number of rotatable bonds is 11. The van der Waals surface area contributed by atoms with Crippen molar-refractivity contribution >= 4 is 25.5 Å². The van der Waals surface area contributed by atoms with Crippen LogP contribution >= 0.6 is 7.67 Å². The van der Waals surface area contributed by atoms with Crippen LogP contribution in [0.4, 0.5) is 0 Å². The molecular weight excluding hydrogens is 455 g/mol. The summed E-state index contributed by atoms with van der Waals surface area (Å²) in [4.78, 5) is 36.9. The number of esters is 2. The van der Waals surface area contributed by atoms with Gasteiger partial charge in [0.2, 0.25) is 5.91 Å². The van der Waals surface area contributed by atoms with Gasteiger partial charge < -0.3 is 29.4 Å². The number of nitrogens with zero attached hydrogens (tertiary/aromatic N) is 1. The monoisotopic (exact) mass is 488 g/mol. The van der Waals surface area contributed by atoms with Gasteiger partial charge >= 0.3 is 19.6 Å². The highest BCUT2D eigenvalue weighted by Gasteiger charge is 2.39. The number of ether oxygens (including phenoxy) is 3. The summed E-state index contributed by atoms with van der Waals surface area (Å²) < 4.78 is 34.5. The smallest absolute Gasteiger partial charge is 0.342 e. The highest BCUT2D eigenvalue weighted by Crippen LogP contribution is 2.41. The summed E-state index contributed by atoms with van der Waals surface area (Å²) in [6, 6.07) is -1.94. The first-order valence-electron chi connectivity index (χ1n) is 10.6. The molecule has 1 fully saturated rings. The third-order valence-corrected chi connectivity index (χ3v) is 7.33. The van der Waals surface area contributed by atoms with Crippen LogP contribution in [0.25, 0.3) is 0 Å². The number of hydrogen-bond donors (Lipinski definition) is 3. The van der Waals surface area contributed by atoms with Crippen LogP contribution in [0.5, 0.6) is 0 Å². The van der Waals surface area contributed by atoms with Crippen LogP contribution in [0, 0.1) is 5.92 Å². The van der Waals surface area contributed by atoms with Crippen molar-refractivity contribution in [1.29, 1.82) is 0 Å². The number of carbonyl (C=O) groups excluding carboxylic acids is 3. The summed E-state index contributed by atoms with van der Waals surface area (Å²) in [5.74, 6) is -1.76. The molecule has 0 aliphatic carbocycles. The fraction of sp³-hybridized carbons (Fsp3) is 0.650. The van der Waals surface area contributed by atoms with Gasteiger partial charge in [-0.1, -0.05) is 13.0 Å². The Kier molecular flexibility index (Phi) is 9.62. The number of amides is 1. The molecule has 1 amide bonds. The van der Waals surface area contributed by atoms with E-state index in [9.17, 15) is 18.9 Å². The van der Waals surface area contributed by atoms with Gasteiger partial charge in [0.25, 0.3) is 0 Å². The summed E-state index contributed by atoms with van der Waals surface area (Å²) in [6.07, 6.45) is 5.59. The van der Waals surface area contributed by atoms with Crippen molar-refractivity contribution in [2.24, 2.45) is 11.7 Å².